The summed E-state index contributed by atoms with van der Waals surface area (Å²) in [7, 11) is 0. The highest BCUT2D eigenvalue weighted by Crippen LogP contribution is 2.07. The highest BCUT2D eigenvalue weighted by Gasteiger charge is 2.20. The Kier molecular flexibility index (Phi) is 5.88. The Labute approximate surface area is 110 Å². The quantitative estimate of drug-likeness (QED) is 0.693. The summed E-state index contributed by atoms with van der Waals surface area (Å²) in [6.07, 6.45) is 1.72. The van der Waals surface area contributed by atoms with Gasteiger partial charge in [0, 0.05) is 25.2 Å². The van der Waals surface area contributed by atoms with Gasteiger partial charge in [-0.3, -0.25) is 0 Å². The van der Waals surface area contributed by atoms with Gasteiger partial charge in [-0.05, 0) is 40.2 Å². The van der Waals surface area contributed by atoms with Gasteiger partial charge in [0.1, 0.15) is 5.60 Å². The minimum atomic E-state index is -0.439. The maximum absolute atomic E-state index is 11.7. The molecule has 1 saturated heterocycles. The number of rotatable bonds is 5. The molecule has 1 heterocycles. The van der Waals surface area contributed by atoms with Crippen molar-refractivity contribution in [3.05, 3.63) is 0 Å². The van der Waals surface area contributed by atoms with Crippen LogP contribution in [0, 0.1) is 0 Å². The third-order valence-electron chi connectivity index (χ3n) is 2.93. The number of alkyl carbamates (subject to hydrolysis) is 1. The van der Waals surface area contributed by atoms with E-state index in [1.165, 1.54) is 0 Å². The molecule has 0 aliphatic carbocycles. The van der Waals surface area contributed by atoms with E-state index in [1.807, 2.05) is 20.8 Å². The average Bonchev–Trinajstić information content (AvgIpc) is 2.74. The van der Waals surface area contributed by atoms with Crippen LogP contribution in [0.1, 0.15) is 40.5 Å². The number of hydrogen-bond acceptors (Lipinski definition) is 4. The van der Waals surface area contributed by atoms with Crippen molar-refractivity contribution in [2.24, 2.45) is 0 Å². The van der Waals surface area contributed by atoms with Crippen LogP contribution in [-0.4, -0.2) is 43.4 Å². The highest BCUT2D eigenvalue weighted by molar-refractivity contribution is 5.68. The molecule has 0 bridgehead atoms. The molecule has 1 rings (SSSR count). The van der Waals surface area contributed by atoms with Gasteiger partial charge in [-0.2, -0.15) is 0 Å². The van der Waals surface area contributed by atoms with E-state index in [0.29, 0.717) is 6.04 Å². The zero-order valence-corrected chi connectivity index (χ0v) is 12.0. The summed E-state index contributed by atoms with van der Waals surface area (Å²) in [6.45, 7) is 10.6. The molecule has 5 nitrogen and oxygen atoms in total. The van der Waals surface area contributed by atoms with Crippen LogP contribution in [-0.2, 0) is 4.74 Å². The standard InChI is InChI=1S/C13H27N3O2/c1-5-10(9-15-11-6-7-14-8-11)16-12(17)18-13(2,3)4/h10-11,14-15H,5-9H2,1-4H3,(H,16,17). The summed E-state index contributed by atoms with van der Waals surface area (Å²) < 4.78 is 5.25. The molecule has 5 heteroatoms. The summed E-state index contributed by atoms with van der Waals surface area (Å²) in [4.78, 5) is 11.7. The molecule has 2 unspecified atom stereocenters. The van der Waals surface area contributed by atoms with Gasteiger partial charge in [0.25, 0.3) is 0 Å². The summed E-state index contributed by atoms with van der Waals surface area (Å²) in [6, 6.07) is 0.653. The summed E-state index contributed by atoms with van der Waals surface area (Å²) in [5.74, 6) is 0. The van der Waals surface area contributed by atoms with Crippen LogP contribution in [0.25, 0.3) is 0 Å². The van der Waals surface area contributed by atoms with Crippen molar-refractivity contribution >= 4 is 6.09 Å². The molecule has 1 fully saturated rings. The van der Waals surface area contributed by atoms with Crippen LogP contribution in [0.15, 0.2) is 0 Å². The van der Waals surface area contributed by atoms with Gasteiger partial charge in [0.05, 0.1) is 0 Å². The lowest BCUT2D eigenvalue weighted by atomic mass is 10.2. The van der Waals surface area contributed by atoms with Crippen molar-refractivity contribution in [3.8, 4) is 0 Å². The van der Waals surface area contributed by atoms with Crippen LogP contribution in [0.4, 0.5) is 4.79 Å². The molecule has 1 amide bonds. The van der Waals surface area contributed by atoms with Gasteiger partial charge in [0.15, 0.2) is 0 Å². The van der Waals surface area contributed by atoms with Crippen molar-refractivity contribution < 1.29 is 9.53 Å². The van der Waals surface area contributed by atoms with Crippen molar-refractivity contribution in [2.75, 3.05) is 19.6 Å². The second-order valence-corrected chi connectivity index (χ2v) is 5.85. The van der Waals surface area contributed by atoms with E-state index in [-0.39, 0.29) is 12.1 Å². The lowest BCUT2D eigenvalue weighted by Crippen LogP contribution is -2.46. The molecule has 0 aromatic rings. The molecule has 1 aliphatic rings. The number of nitrogens with one attached hydrogen (secondary N) is 3. The lowest BCUT2D eigenvalue weighted by molar-refractivity contribution is 0.0502. The molecule has 106 valence electrons. The normalized spacial score (nSPS) is 21.7. The number of carbonyl (C=O) groups is 1. The predicted molar refractivity (Wildman–Crippen MR) is 72.7 cm³/mol. The molecule has 1 aliphatic heterocycles. The summed E-state index contributed by atoms with van der Waals surface area (Å²) in [5, 5.41) is 9.68. The van der Waals surface area contributed by atoms with Crippen LogP contribution < -0.4 is 16.0 Å². The number of hydrogen-bond donors (Lipinski definition) is 3. The fourth-order valence-electron chi connectivity index (χ4n) is 1.91. The lowest BCUT2D eigenvalue weighted by Gasteiger charge is -2.24. The first-order chi connectivity index (χ1) is 8.40. The molecule has 0 spiro atoms. The summed E-state index contributed by atoms with van der Waals surface area (Å²) in [5.41, 5.74) is -0.439. The fourth-order valence-corrected chi connectivity index (χ4v) is 1.91. The molecule has 0 radical (unpaired) electrons. The smallest absolute Gasteiger partial charge is 0.407 e. The van der Waals surface area contributed by atoms with Gasteiger partial charge in [-0.25, -0.2) is 4.79 Å². The third-order valence-corrected chi connectivity index (χ3v) is 2.93. The van der Waals surface area contributed by atoms with E-state index >= 15 is 0 Å². The Balaban J connectivity index is 2.25. The summed E-state index contributed by atoms with van der Waals surface area (Å²) >= 11 is 0. The Hall–Kier alpha value is -0.810. The zero-order valence-electron chi connectivity index (χ0n) is 12.0. The SMILES string of the molecule is CCC(CNC1CCNC1)NC(=O)OC(C)(C)C. The van der Waals surface area contributed by atoms with Gasteiger partial charge < -0.3 is 20.7 Å². The van der Waals surface area contributed by atoms with Crippen LogP contribution in [0.5, 0.6) is 0 Å². The van der Waals surface area contributed by atoms with Gasteiger partial charge in [0.2, 0.25) is 0 Å². The second kappa shape index (κ2) is 6.95. The molecular weight excluding hydrogens is 230 g/mol. The largest absolute Gasteiger partial charge is 0.444 e. The Morgan fingerprint density at radius 2 is 2.22 bits per heavy atom. The Morgan fingerprint density at radius 1 is 1.50 bits per heavy atom. The van der Waals surface area contributed by atoms with E-state index in [1.54, 1.807) is 0 Å². The van der Waals surface area contributed by atoms with Crippen molar-refractivity contribution in [3.63, 3.8) is 0 Å². The van der Waals surface area contributed by atoms with Crippen molar-refractivity contribution in [1.29, 1.82) is 0 Å². The number of ether oxygens (including phenoxy) is 1. The van der Waals surface area contributed by atoms with Crippen molar-refractivity contribution in [1.82, 2.24) is 16.0 Å². The molecule has 0 aromatic carbocycles. The molecular formula is C13H27N3O2. The van der Waals surface area contributed by atoms with E-state index < -0.39 is 5.60 Å². The van der Waals surface area contributed by atoms with E-state index in [9.17, 15) is 4.79 Å². The third kappa shape index (κ3) is 6.21. The zero-order chi connectivity index (χ0) is 13.6. The van der Waals surface area contributed by atoms with E-state index in [4.69, 9.17) is 4.74 Å². The van der Waals surface area contributed by atoms with Crippen LogP contribution in [0.3, 0.4) is 0 Å². The molecule has 18 heavy (non-hydrogen) atoms. The first-order valence-corrected chi connectivity index (χ1v) is 6.84. The highest BCUT2D eigenvalue weighted by atomic mass is 16.6. The molecule has 0 aromatic heterocycles. The molecule has 0 saturated carbocycles. The molecule has 3 N–H and O–H groups in total. The number of amides is 1. The second-order valence-electron chi connectivity index (χ2n) is 5.85. The van der Waals surface area contributed by atoms with Crippen molar-refractivity contribution in [2.45, 2.75) is 58.2 Å². The first kappa shape index (κ1) is 15.2. The fraction of sp³-hybridized carbons (Fsp3) is 0.923. The van der Waals surface area contributed by atoms with Gasteiger partial charge in [-0.15, -0.1) is 0 Å². The topological polar surface area (TPSA) is 62.4 Å². The minimum absolute atomic E-state index is 0.125. The predicted octanol–water partition coefficient (Wildman–Crippen LogP) is 1.24. The van der Waals surface area contributed by atoms with E-state index in [2.05, 4.69) is 22.9 Å². The first-order valence-electron chi connectivity index (χ1n) is 6.84. The van der Waals surface area contributed by atoms with Gasteiger partial charge in [-0.1, -0.05) is 6.92 Å². The monoisotopic (exact) mass is 257 g/mol. The van der Waals surface area contributed by atoms with Gasteiger partial charge >= 0.3 is 6.09 Å². The maximum atomic E-state index is 11.7. The van der Waals surface area contributed by atoms with E-state index in [0.717, 1.165) is 32.5 Å². The number of carbonyl (C=O) groups excluding carboxylic acids is 1. The maximum Gasteiger partial charge on any atom is 0.407 e. The van der Waals surface area contributed by atoms with Crippen LogP contribution in [0.2, 0.25) is 0 Å². The Morgan fingerprint density at radius 3 is 2.72 bits per heavy atom. The Bertz CT molecular complexity index is 257. The minimum Gasteiger partial charge on any atom is -0.444 e. The average molecular weight is 257 g/mol. The molecule has 2 atom stereocenters. The van der Waals surface area contributed by atoms with Crippen LogP contribution >= 0.6 is 0 Å².